The van der Waals surface area contributed by atoms with Gasteiger partial charge in [0.2, 0.25) is 5.95 Å². The van der Waals surface area contributed by atoms with Crippen molar-refractivity contribution >= 4 is 39.4 Å². The maximum atomic E-state index is 13.3. The minimum atomic E-state index is -0.881. The Hall–Kier alpha value is -1.14. The molecule has 1 aromatic carbocycles. The van der Waals surface area contributed by atoms with Crippen molar-refractivity contribution in [3.8, 4) is 0 Å². The van der Waals surface area contributed by atoms with Crippen molar-refractivity contribution in [3.63, 3.8) is 0 Å². The summed E-state index contributed by atoms with van der Waals surface area (Å²) in [6.45, 7) is 2.49. The van der Waals surface area contributed by atoms with Crippen LogP contribution in [0.3, 0.4) is 0 Å². The average molecular weight is 304 g/mol. The number of hydrogen-bond acceptors (Lipinski definition) is 3. The van der Waals surface area contributed by atoms with Gasteiger partial charge in [-0.1, -0.05) is 18.5 Å². The molecule has 0 aliphatic carbocycles. The number of rotatable bonds is 4. The van der Waals surface area contributed by atoms with Crippen LogP contribution in [0.5, 0.6) is 0 Å². The molecule has 2 unspecified atom stereocenters. The van der Waals surface area contributed by atoms with E-state index in [1.165, 1.54) is 12.1 Å². The highest BCUT2D eigenvalue weighted by atomic mass is 35.5. The van der Waals surface area contributed by atoms with Crippen LogP contribution in [0.15, 0.2) is 12.1 Å². The van der Waals surface area contributed by atoms with E-state index in [1.54, 1.807) is 10.8 Å². The molecular weight excluding hydrogens is 289 g/mol. The molecule has 0 fully saturated rings. The van der Waals surface area contributed by atoms with Crippen molar-refractivity contribution in [2.24, 2.45) is 0 Å². The Labute approximate surface area is 118 Å². The zero-order valence-electron chi connectivity index (χ0n) is 10.7. The maximum Gasteiger partial charge on any atom is 0.201 e. The number of aromatic nitrogens is 2. The van der Waals surface area contributed by atoms with Gasteiger partial charge >= 0.3 is 0 Å². The van der Waals surface area contributed by atoms with Crippen molar-refractivity contribution in [3.05, 3.63) is 23.0 Å². The maximum absolute atomic E-state index is 13.3. The standard InChI is InChI=1S/C12H15ClFN3OS/c1-7(19(2)18)3-4-17-11-5-8(13)9(14)6-10(11)16-12(17)15/h5-7H,3-4H2,1-2H3,(H2,15,16). The van der Waals surface area contributed by atoms with Gasteiger partial charge in [0.15, 0.2) is 0 Å². The minimum Gasteiger partial charge on any atom is -0.369 e. The summed E-state index contributed by atoms with van der Waals surface area (Å²) in [4.78, 5) is 4.10. The van der Waals surface area contributed by atoms with E-state index < -0.39 is 16.6 Å². The lowest BCUT2D eigenvalue weighted by atomic mass is 10.3. The summed E-state index contributed by atoms with van der Waals surface area (Å²) in [6.07, 6.45) is 2.38. The van der Waals surface area contributed by atoms with Crippen LogP contribution in [0.4, 0.5) is 10.3 Å². The number of hydrogen-bond donors (Lipinski definition) is 1. The quantitative estimate of drug-likeness (QED) is 0.944. The Bertz CT molecular complexity index is 643. The Morgan fingerprint density at radius 3 is 2.89 bits per heavy atom. The third-order valence-electron chi connectivity index (χ3n) is 3.15. The summed E-state index contributed by atoms with van der Waals surface area (Å²) in [7, 11) is -0.881. The van der Waals surface area contributed by atoms with Gasteiger partial charge in [0.05, 0.1) is 16.1 Å². The van der Waals surface area contributed by atoms with Crippen LogP contribution in [-0.2, 0) is 17.3 Å². The smallest absolute Gasteiger partial charge is 0.201 e. The Morgan fingerprint density at radius 1 is 1.58 bits per heavy atom. The fourth-order valence-corrected chi connectivity index (χ4v) is 2.45. The second kappa shape index (κ2) is 5.46. The number of imidazole rings is 1. The zero-order valence-corrected chi connectivity index (χ0v) is 12.3. The number of anilines is 1. The van der Waals surface area contributed by atoms with Gasteiger partial charge in [-0.2, -0.15) is 0 Å². The Balaban J connectivity index is 2.35. The van der Waals surface area contributed by atoms with Gasteiger partial charge in [0.1, 0.15) is 5.82 Å². The number of nitrogen functional groups attached to an aromatic ring is 1. The normalized spacial score (nSPS) is 14.7. The van der Waals surface area contributed by atoms with Crippen molar-refractivity contribution in [2.75, 3.05) is 12.0 Å². The summed E-state index contributed by atoms with van der Waals surface area (Å²) in [6, 6.07) is 2.79. The molecule has 19 heavy (non-hydrogen) atoms. The summed E-state index contributed by atoms with van der Waals surface area (Å²) in [5, 5.41) is 0.105. The molecule has 2 N–H and O–H groups in total. The minimum absolute atomic E-state index is 0.0424. The number of nitrogens with zero attached hydrogens (tertiary/aromatic N) is 2. The SMILES string of the molecule is CC(CCn1c(N)nc2cc(F)c(Cl)cc21)S(C)=O. The first-order valence-electron chi connectivity index (χ1n) is 5.83. The summed E-state index contributed by atoms with van der Waals surface area (Å²) < 4.78 is 26.4. The predicted octanol–water partition coefficient (Wildman–Crippen LogP) is 2.57. The van der Waals surface area contributed by atoms with E-state index in [2.05, 4.69) is 4.98 Å². The molecule has 7 heteroatoms. The molecule has 0 amide bonds. The van der Waals surface area contributed by atoms with Gasteiger partial charge in [-0.3, -0.25) is 4.21 Å². The molecule has 0 spiro atoms. The van der Waals surface area contributed by atoms with E-state index in [9.17, 15) is 8.60 Å². The highest BCUT2D eigenvalue weighted by Gasteiger charge is 2.13. The molecule has 0 bridgehead atoms. The van der Waals surface area contributed by atoms with E-state index in [4.69, 9.17) is 17.3 Å². The molecule has 1 aromatic heterocycles. The number of fused-ring (bicyclic) bond motifs is 1. The molecule has 0 aliphatic rings. The van der Waals surface area contributed by atoms with E-state index in [-0.39, 0.29) is 10.3 Å². The number of nitrogens with two attached hydrogens (primary N) is 1. The number of benzene rings is 1. The van der Waals surface area contributed by atoms with Gasteiger partial charge in [-0.15, -0.1) is 0 Å². The van der Waals surface area contributed by atoms with Crippen molar-refractivity contribution in [1.82, 2.24) is 9.55 Å². The monoisotopic (exact) mass is 303 g/mol. The fourth-order valence-electron chi connectivity index (χ4n) is 1.85. The lowest BCUT2D eigenvalue weighted by Gasteiger charge is -2.10. The first-order valence-corrected chi connectivity index (χ1v) is 7.83. The molecule has 0 saturated heterocycles. The lowest BCUT2D eigenvalue weighted by Crippen LogP contribution is -2.14. The van der Waals surface area contributed by atoms with Crippen LogP contribution in [0.1, 0.15) is 13.3 Å². The number of aryl methyl sites for hydroxylation is 1. The first-order chi connectivity index (χ1) is 8.90. The summed E-state index contributed by atoms with van der Waals surface area (Å²) >= 11 is 5.78. The van der Waals surface area contributed by atoms with Crippen molar-refractivity contribution in [2.45, 2.75) is 25.1 Å². The molecule has 4 nitrogen and oxygen atoms in total. The van der Waals surface area contributed by atoms with Gasteiger partial charge in [-0.05, 0) is 12.5 Å². The van der Waals surface area contributed by atoms with Gasteiger partial charge in [-0.25, -0.2) is 9.37 Å². The third kappa shape index (κ3) is 2.90. The molecule has 2 rings (SSSR count). The van der Waals surface area contributed by atoms with E-state index >= 15 is 0 Å². The lowest BCUT2D eigenvalue weighted by molar-refractivity contribution is 0.627. The van der Waals surface area contributed by atoms with Crippen LogP contribution in [-0.4, -0.2) is 25.3 Å². The molecule has 2 atom stereocenters. The Morgan fingerprint density at radius 2 is 2.26 bits per heavy atom. The highest BCUT2D eigenvalue weighted by molar-refractivity contribution is 7.84. The van der Waals surface area contributed by atoms with Crippen LogP contribution in [0, 0.1) is 5.82 Å². The second-order valence-corrected chi connectivity index (χ2v) is 6.68. The zero-order chi connectivity index (χ0) is 14.2. The highest BCUT2D eigenvalue weighted by Crippen LogP contribution is 2.25. The van der Waals surface area contributed by atoms with Crippen LogP contribution in [0.25, 0.3) is 11.0 Å². The van der Waals surface area contributed by atoms with Crippen LogP contribution in [0.2, 0.25) is 5.02 Å². The average Bonchev–Trinajstić information content (AvgIpc) is 2.62. The first kappa shape index (κ1) is 14.3. The largest absolute Gasteiger partial charge is 0.369 e. The molecular formula is C12H15ClFN3OS. The number of halogens is 2. The molecule has 104 valence electrons. The molecule has 2 aromatic rings. The van der Waals surface area contributed by atoms with E-state index in [0.29, 0.717) is 29.9 Å². The van der Waals surface area contributed by atoms with Crippen LogP contribution >= 0.6 is 11.6 Å². The van der Waals surface area contributed by atoms with Gasteiger partial charge in [0.25, 0.3) is 0 Å². The van der Waals surface area contributed by atoms with Gasteiger partial charge < -0.3 is 10.3 Å². The summed E-state index contributed by atoms with van der Waals surface area (Å²) in [5.41, 5.74) is 7.00. The van der Waals surface area contributed by atoms with Crippen molar-refractivity contribution in [1.29, 1.82) is 0 Å². The van der Waals surface area contributed by atoms with E-state index in [0.717, 1.165) is 0 Å². The van der Waals surface area contributed by atoms with E-state index in [1.807, 2.05) is 6.92 Å². The molecule has 1 heterocycles. The molecule has 0 radical (unpaired) electrons. The van der Waals surface area contributed by atoms with Crippen molar-refractivity contribution < 1.29 is 8.60 Å². The Kier molecular flexibility index (Phi) is 4.10. The predicted molar refractivity (Wildman–Crippen MR) is 77.3 cm³/mol. The third-order valence-corrected chi connectivity index (χ3v) is 4.80. The van der Waals surface area contributed by atoms with Crippen LogP contribution < -0.4 is 5.73 Å². The molecule has 0 aliphatic heterocycles. The fraction of sp³-hybridized carbons (Fsp3) is 0.417. The molecule has 0 saturated carbocycles. The second-order valence-electron chi connectivity index (χ2n) is 4.47. The summed E-state index contributed by atoms with van der Waals surface area (Å²) in [5.74, 6) is -0.201. The van der Waals surface area contributed by atoms with Gasteiger partial charge in [0, 0.05) is 34.9 Å². The topological polar surface area (TPSA) is 60.9 Å².